The second-order valence-corrected chi connectivity index (χ2v) is 4.96. The van der Waals surface area contributed by atoms with E-state index in [2.05, 4.69) is 16.8 Å². The number of hydrogen-bond donors (Lipinski definition) is 3. The van der Waals surface area contributed by atoms with E-state index < -0.39 is 11.9 Å². The minimum Gasteiger partial charge on any atom is -0.478 e. The number of nitrogens with two attached hydrogens (primary N) is 1. The first-order chi connectivity index (χ1) is 11.0. The summed E-state index contributed by atoms with van der Waals surface area (Å²) in [4.78, 5) is 25.5. The fourth-order valence-corrected chi connectivity index (χ4v) is 2.32. The Morgan fingerprint density at radius 2 is 1.83 bits per heavy atom. The number of carbonyl (C=O) groups excluding carboxylic acids is 1. The molecule has 1 aromatic heterocycles. The van der Waals surface area contributed by atoms with Crippen LogP contribution in [-0.2, 0) is 0 Å². The maximum Gasteiger partial charge on any atom is 0.335 e. The highest BCUT2D eigenvalue weighted by molar-refractivity contribution is 6.06. The lowest BCUT2D eigenvalue weighted by atomic mass is 10.0. The van der Waals surface area contributed by atoms with Crippen LogP contribution in [0.1, 0.15) is 31.8 Å². The number of aromatic carboxylic acids is 1. The van der Waals surface area contributed by atoms with Crippen LogP contribution in [0.3, 0.4) is 0 Å². The molecule has 0 spiro atoms. The van der Waals surface area contributed by atoms with Crippen molar-refractivity contribution in [3.05, 3.63) is 70.9 Å². The molecule has 5 nitrogen and oxygen atoms in total. The number of aromatic amines is 1. The van der Waals surface area contributed by atoms with Crippen LogP contribution in [0.2, 0.25) is 0 Å². The van der Waals surface area contributed by atoms with Gasteiger partial charge in [0.15, 0.2) is 0 Å². The van der Waals surface area contributed by atoms with E-state index in [-0.39, 0.29) is 5.56 Å². The first-order valence-corrected chi connectivity index (χ1v) is 6.81. The fourth-order valence-electron chi connectivity index (χ4n) is 2.32. The molecule has 3 rings (SSSR count). The Morgan fingerprint density at radius 1 is 1.04 bits per heavy atom. The second-order valence-electron chi connectivity index (χ2n) is 4.96. The zero-order valence-corrected chi connectivity index (χ0v) is 12.0. The normalized spacial score (nSPS) is 10.1. The highest BCUT2D eigenvalue weighted by atomic mass is 16.4. The Kier molecular flexibility index (Phi) is 3.57. The van der Waals surface area contributed by atoms with Crippen molar-refractivity contribution in [3.8, 4) is 11.8 Å². The lowest BCUT2D eigenvalue weighted by Gasteiger charge is -2.00. The monoisotopic (exact) mass is 304 g/mol. The minimum atomic E-state index is -1.00. The highest BCUT2D eigenvalue weighted by Crippen LogP contribution is 2.19. The molecule has 0 fully saturated rings. The SMILES string of the molecule is NC(=O)c1cc(C#Cc2cccc(C(=O)O)c2)cc2[nH]ccc12. The van der Waals surface area contributed by atoms with E-state index in [1.165, 1.54) is 12.1 Å². The summed E-state index contributed by atoms with van der Waals surface area (Å²) in [6, 6.07) is 11.6. The zero-order chi connectivity index (χ0) is 16.4. The third kappa shape index (κ3) is 2.92. The summed E-state index contributed by atoms with van der Waals surface area (Å²) in [5, 5.41) is 9.73. The van der Waals surface area contributed by atoms with Crippen LogP contribution in [0.15, 0.2) is 48.7 Å². The number of primary amides is 1. The number of fused-ring (bicyclic) bond motifs is 1. The number of hydrogen-bond acceptors (Lipinski definition) is 2. The highest BCUT2D eigenvalue weighted by Gasteiger charge is 2.09. The number of amides is 1. The van der Waals surface area contributed by atoms with Crippen LogP contribution in [0.25, 0.3) is 10.9 Å². The van der Waals surface area contributed by atoms with E-state index in [1.54, 1.807) is 30.5 Å². The summed E-state index contributed by atoms with van der Waals surface area (Å²) < 4.78 is 0. The number of carboxylic acid groups (broad SMARTS) is 1. The summed E-state index contributed by atoms with van der Waals surface area (Å²) in [5.41, 5.74) is 7.94. The largest absolute Gasteiger partial charge is 0.478 e. The van der Waals surface area contributed by atoms with Crippen molar-refractivity contribution in [2.45, 2.75) is 0 Å². The van der Waals surface area contributed by atoms with Crippen molar-refractivity contribution in [2.75, 3.05) is 0 Å². The molecule has 3 aromatic rings. The van der Waals surface area contributed by atoms with Gasteiger partial charge in [-0.05, 0) is 36.4 Å². The Bertz CT molecular complexity index is 990. The lowest BCUT2D eigenvalue weighted by molar-refractivity contribution is 0.0696. The number of carbonyl (C=O) groups is 2. The molecular formula is C18H12N2O3. The minimum absolute atomic E-state index is 0.175. The van der Waals surface area contributed by atoms with Gasteiger partial charge in [0.05, 0.1) is 5.56 Å². The van der Waals surface area contributed by atoms with Crippen LogP contribution in [0.4, 0.5) is 0 Å². The van der Waals surface area contributed by atoms with E-state index in [9.17, 15) is 9.59 Å². The molecule has 0 bridgehead atoms. The summed E-state index contributed by atoms with van der Waals surface area (Å²) in [6.45, 7) is 0. The Labute approximate surface area is 131 Å². The van der Waals surface area contributed by atoms with Crippen LogP contribution < -0.4 is 5.73 Å². The standard InChI is InChI=1S/C18H12N2O3/c19-17(21)15-9-12(10-16-14(15)6-7-20-16)5-4-11-2-1-3-13(8-11)18(22)23/h1-3,6-10,20H,(H2,19,21)(H,22,23). The first kappa shape index (κ1) is 14.4. The van der Waals surface area contributed by atoms with Crippen molar-refractivity contribution in [1.29, 1.82) is 0 Å². The number of nitrogens with one attached hydrogen (secondary N) is 1. The summed E-state index contributed by atoms with van der Waals surface area (Å²) in [7, 11) is 0. The number of benzene rings is 2. The number of rotatable bonds is 2. The topological polar surface area (TPSA) is 96.2 Å². The van der Waals surface area contributed by atoms with Gasteiger partial charge in [-0.25, -0.2) is 4.79 Å². The van der Waals surface area contributed by atoms with Crippen molar-refractivity contribution in [2.24, 2.45) is 5.73 Å². The molecule has 0 aliphatic rings. The molecule has 0 aliphatic heterocycles. The van der Waals surface area contributed by atoms with Crippen LogP contribution in [-0.4, -0.2) is 22.0 Å². The van der Waals surface area contributed by atoms with Crippen molar-refractivity contribution < 1.29 is 14.7 Å². The third-order valence-corrected chi connectivity index (χ3v) is 3.40. The molecule has 0 radical (unpaired) electrons. The van der Waals surface area contributed by atoms with Gasteiger partial charge in [-0.15, -0.1) is 0 Å². The van der Waals surface area contributed by atoms with Gasteiger partial charge < -0.3 is 15.8 Å². The fraction of sp³-hybridized carbons (Fsp3) is 0. The molecule has 1 heterocycles. The predicted molar refractivity (Wildman–Crippen MR) is 86.2 cm³/mol. The maximum atomic E-state index is 11.6. The summed E-state index contributed by atoms with van der Waals surface area (Å²) >= 11 is 0. The van der Waals surface area contributed by atoms with Gasteiger partial charge in [0.2, 0.25) is 5.91 Å². The van der Waals surface area contributed by atoms with E-state index in [0.717, 1.165) is 10.9 Å². The maximum absolute atomic E-state index is 11.6. The summed E-state index contributed by atoms with van der Waals surface area (Å²) in [5.74, 6) is 4.31. The van der Waals surface area contributed by atoms with Gasteiger partial charge >= 0.3 is 5.97 Å². The molecule has 2 aromatic carbocycles. The van der Waals surface area contributed by atoms with Gasteiger partial charge in [0.25, 0.3) is 0 Å². The smallest absolute Gasteiger partial charge is 0.335 e. The van der Waals surface area contributed by atoms with Crippen molar-refractivity contribution in [3.63, 3.8) is 0 Å². The average Bonchev–Trinajstić information content (AvgIpc) is 3.00. The Balaban J connectivity index is 2.04. The third-order valence-electron chi connectivity index (χ3n) is 3.40. The molecule has 112 valence electrons. The van der Waals surface area contributed by atoms with E-state index >= 15 is 0 Å². The number of H-pyrrole nitrogens is 1. The first-order valence-electron chi connectivity index (χ1n) is 6.81. The molecule has 0 aliphatic carbocycles. The van der Waals surface area contributed by atoms with Crippen molar-refractivity contribution in [1.82, 2.24) is 4.98 Å². The summed E-state index contributed by atoms with van der Waals surface area (Å²) in [6.07, 6.45) is 1.73. The number of aromatic nitrogens is 1. The second kappa shape index (κ2) is 5.70. The quantitative estimate of drug-likeness (QED) is 0.634. The molecule has 0 saturated heterocycles. The Morgan fingerprint density at radius 3 is 2.57 bits per heavy atom. The molecule has 0 atom stereocenters. The lowest BCUT2D eigenvalue weighted by Crippen LogP contribution is -2.11. The van der Waals surface area contributed by atoms with Gasteiger partial charge in [0.1, 0.15) is 0 Å². The molecule has 23 heavy (non-hydrogen) atoms. The van der Waals surface area contributed by atoms with E-state index in [1.807, 2.05) is 6.07 Å². The van der Waals surface area contributed by atoms with Crippen LogP contribution in [0.5, 0.6) is 0 Å². The predicted octanol–water partition coefficient (Wildman–Crippen LogP) is 2.36. The van der Waals surface area contributed by atoms with E-state index in [4.69, 9.17) is 10.8 Å². The van der Waals surface area contributed by atoms with Crippen LogP contribution in [0, 0.1) is 11.8 Å². The van der Waals surface area contributed by atoms with Crippen molar-refractivity contribution >= 4 is 22.8 Å². The van der Waals surface area contributed by atoms with E-state index in [0.29, 0.717) is 16.7 Å². The molecule has 4 N–H and O–H groups in total. The van der Waals surface area contributed by atoms with Gasteiger partial charge in [-0.3, -0.25) is 4.79 Å². The number of carboxylic acids is 1. The average molecular weight is 304 g/mol. The molecular weight excluding hydrogens is 292 g/mol. The van der Waals surface area contributed by atoms with Gasteiger partial charge in [0, 0.05) is 33.8 Å². The molecule has 0 saturated carbocycles. The molecule has 5 heteroatoms. The Hall–Kier alpha value is -3.52. The molecule has 0 unspecified atom stereocenters. The van der Waals surface area contributed by atoms with Crippen LogP contribution >= 0.6 is 0 Å². The van der Waals surface area contributed by atoms with Gasteiger partial charge in [-0.1, -0.05) is 17.9 Å². The zero-order valence-electron chi connectivity index (χ0n) is 12.0. The molecule has 1 amide bonds. The van der Waals surface area contributed by atoms with Gasteiger partial charge in [-0.2, -0.15) is 0 Å².